The fourth-order valence-electron chi connectivity index (χ4n) is 1.28. The molecule has 16 heavy (non-hydrogen) atoms. The SMILES string of the molecule is C=CC(C)Nc1ccc(N)c(OCCC)c1. The zero-order valence-corrected chi connectivity index (χ0v) is 9.99. The lowest BCUT2D eigenvalue weighted by Crippen LogP contribution is -2.11. The summed E-state index contributed by atoms with van der Waals surface area (Å²) in [4.78, 5) is 0. The lowest BCUT2D eigenvalue weighted by atomic mass is 10.2. The Balaban J connectivity index is 2.76. The average molecular weight is 220 g/mol. The standard InChI is InChI=1S/C13H20N2O/c1-4-8-16-13-9-11(6-7-12(13)14)15-10(3)5-2/h5-7,9-10,15H,2,4,8,14H2,1,3H3. The Labute approximate surface area is 97.3 Å². The molecule has 1 rings (SSSR count). The number of nitrogen functional groups attached to an aromatic ring is 1. The minimum Gasteiger partial charge on any atom is -0.491 e. The van der Waals surface area contributed by atoms with Crippen LogP contribution in [0.1, 0.15) is 20.3 Å². The van der Waals surface area contributed by atoms with E-state index in [0.717, 1.165) is 17.9 Å². The highest BCUT2D eigenvalue weighted by atomic mass is 16.5. The minimum absolute atomic E-state index is 0.225. The zero-order valence-electron chi connectivity index (χ0n) is 9.99. The molecule has 0 fully saturated rings. The first-order valence-corrected chi connectivity index (χ1v) is 5.58. The first-order chi connectivity index (χ1) is 7.67. The Bertz CT molecular complexity index is 350. The molecule has 0 radical (unpaired) electrons. The second-order valence-corrected chi connectivity index (χ2v) is 3.77. The topological polar surface area (TPSA) is 47.3 Å². The number of nitrogens with two attached hydrogens (primary N) is 1. The van der Waals surface area contributed by atoms with Gasteiger partial charge in [0.15, 0.2) is 0 Å². The summed E-state index contributed by atoms with van der Waals surface area (Å²) in [6.45, 7) is 8.52. The highest BCUT2D eigenvalue weighted by Gasteiger charge is 2.03. The van der Waals surface area contributed by atoms with Crippen molar-refractivity contribution < 1.29 is 4.74 Å². The van der Waals surface area contributed by atoms with Gasteiger partial charge in [0.05, 0.1) is 12.3 Å². The normalized spacial score (nSPS) is 11.9. The van der Waals surface area contributed by atoms with Crippen LogP contribution >= 0.6 is 0 Å². The van der Waals surface area contributed by atoms with Crippen LogP contribution in [0.15, 0.2) is 30.9 Å². The molecule has 0 spiro atoms. The van der Waals surface area contributed by atoms with Gasteiger partial charge in [-0.3, -0.25) is 0 Å². The number of nitrogens with one attached hydrogen (secondary N) is 1. The molecule has 0 aliphatic carbocycles. The zero-order chi connectivity index (χ0) is 12.0. The molecule has 88 valence electrons. The first kappa shape index (κ1) is 12.4. The smallest absolute Gasteiger partial charge is 0.144 e. The molecule has 3 nitrogen and oxygen atoms in total. The maximum Gasteiger partial charge on any atom is 0.144 e. The fourth-order valence-corrected chi connectivity index (χ4v) is 1.28. The van der Waals surface area contributed by atoms with Gasteiger partial charge in [0.2, 0.25) is 0 Å². The Kier molecular flexibility index (Phi) is 4.70. The molecule has 1 unspecified atom stereocenters. The van der Waals surface area contributed by atoms with Crippen LogP contribution in [0.2, 0.25) is 0 Å². The number of anilines is 2. The van der Waals surface area contributed by atoms with E-state index < -0.39 is 0 Å². The number of ether oxygens (including phenoxy) is 1. The van der Waals surface area contributed by atoms with Gasteiger partial charge in [0.1, 0.15) is 5.75 Å². The molecule has 1 atom stereocenters. The highest BCUT2D eigenvalue weighted by Crippen LogP contribution is 2.26. The summed E-state index contributed by atoms with van der Waals surface area (Å²) >= 11 is 0. The van der Waals surface area contributed by atoms with E-state index in [2.05, 4.69) is 18.8 Å². The van der Waals surface area contributed by atoms with Gasteiger partial charge >= 0.3 is 0 Å². The van der Waals surface area contributed by atoms with Gasteiger partial charge in [-0.1, -0.05) is 13.0 Å². The first-order valence-electron chi connectivity index (χ1n) is 5.58. The van der Waals surface area contributed by atoms with Crippen molar-refractivity contribution in [2.75, 3.05) is 17.7 Å². The molecule has 0 saturated carbocycles. The van der Waals surface area contributed by atoms with Crippen LogP contribution in [0.25, 0.3) is 0 Å². The second kappa shape index (κ2) is 6.05. The third-order valence-corrected chi connectivity index (χ3v) is 2.22. The van der Waals surface area contributed by atoms with E-state index >= 15 is 0 Å². The Morgan fingerprint density at radius 1 is 1.56 bits per heavy atom. The molecule has 0 aliphatic rings. The Morgan fingerprint density at radius 2 is 2.31 bits per heavy atom. The van der Waals surface area contributed by atoms with E-state index in [0.29, 0.717) is 12.3 Å². The predicted octanol–water partition coefficient (Wildman–Crippen LogP) is 3.04. The summed E-state index contributed by atoms with van der Waals surface area (Å²) < 4.78 is 5.55. The van der Waals surface area contributed by atoms with Crippen molar-refractivity contribution >= 4 is 11.4 Å². The van der Waals surface area contributed by atoms with E-state index in [-0.39, 0.29) is 6.04 Å². The van der Waals surface area contributed by atoms with Gasteiger partial charge in [0.25, 0.3) is 0 Å². The van der Waals surface area contributed by atoms with E-state index in [9.17, 15) is 0 Å². The summed E-state index contributed by atoms with van der Waals surface area (Å²) in [6.07, 6.45) is 2.82. The van der Waals surface area contributed by atoms with Crippen LogP contribution in [0, 0.1) is 0 Å². The molecule has 3 N–H and O–H groups in total. The van der Waals surface area contributed by atoms with E-state index in [4.69, 9.17) is 10.5 Å². The van der Waals surface area contributed by atoms with Crippen LogP contribution in [0.4, 0.5) is 11.4 Å². The summed E-state index contributed by atoms with van der Waals surface area (Å²) in [5.41, 5.74) is 7.49. The summed E-state index contributed by atoms with van der Waals surface area (Å²) in [5.74, 6) is 0.739. The third-order valence-electron chi connectivity index (χ3n) is 2.22. The molecule has 0 bridgehead atoms. The van der Waals surface area contributed by atoms with Gasteiger partial charge in [-0.05, 0) is 25.5 Å². The average Bonchev–Trinajstić information content (AvgIpc) is 2.29. The molecule has 1 aromatic rings. The van der Waals surface area contributed by atoms with Crippen molar-refractivity contribution in [1.29, 1.82) is 0 Å². The van der Waals surface area contributed by atoms with Crippen molar-refractivity contribution in [3.8, 4) is 5.75 Å². The van der Waals surface area contributed by atoms with Crippen LogP contribution < -0.4 is 15.8 Å². The molecule has 0 aliphatic heterocycles. The van der Waals surface area contributed by atoms with Crippen molar-refractivity contribution in [3.05, 3.63) is 30.9 Å². The van der Waals surface area contributed by atoms with E-state index in [1.54, 1.807) is 0 Å². The maximum absolute atomic E-state index is 5.82. The van der Waals surface area contributed by atoms with Gasteiger partial charge in [-0.15, -0.1) is 6.58 Å². The summed E-state index contributed by atoms with van der Waals surface area (Å²) in [6, 6.07) is 5.94. The van der Waals surface area contributed by atoms with Crippen molar-refractivity contribution in [1.82, 2.24) is 0 Å². The van der Waals surface area contributed by atoms with E-state index in [1.165, 1.54) is 0 Å². The second-order valence-electron chi connectivity index (χ2n) is 3.77. The number of hydrogen-bond acceptors (Lipinski definition) is 3. The molecule has 0 aromatic heterocycles. The number of benzene rings is 1. The Morgan fingerprint density at radius 3 is 2.94 bits per heavy atom. The lowest BCUT2D eigenvalue weighted by molar-refractivity contribution is 0.319. The van der Waals surface area contributed by atoms with Gasteiger partial charge in [-0.2, -0.15) is 0 Å². The molecule has 0 heterocycles. The third kappa shape index (κ3) is 3.50. The lowest BCUT2D eigenvalue weighted by Gasteiger charge is -2.14. The summed E-state index contributed by atoms with van der Waals surface area (Å²) in [7, 11) is 0. The van der Waals surface area contributed by atoms with Crippen LogP contribution in [0.3, 0.4) is 0 Å². The predicted molar refractivity (Wildman–Crippen MR) is 69.9 cm³/mol. The van der Waals surface area contributed by atoms with Crippen LogP contribution in [-0.2, 0) is 0 Å². The van der Waals surface area contributed by atoms with Crippen molar-refractivity contribution in [2.24, 2.45) is 0 Å². The largest absolute Gasteiger partial charge is 0.491 e. The van der Waals surface area contributed by atoms with Crippen LogP contribution in [-0.4, -0.2) is 12.6 Å². The minimum atomic E-state index is 0.225. The van der Waals surface area contributed by atoms with Gasteiger partial charge in [0, 0.05) is 17.8 Å². The quantitative estimate of drug-likeness (QED) is 0.572. The van der Waals surface area contributed by atoms with E-state index in [1.807, 2.05) is 31.2 Å². The number of rotatable bonds is 6. The number of hydrogen-bond donors (Lipinski definition) is 2. The maximum atomic E-state index is 5.82. The molecule has 0 amide bonds. The van der Waals surface area contributed by atoms with Crippen molar-refractivity contribution in [2.45, 2.75) is 26.3 Å². The monoisotopic (exact) mass is 220 g/mol. The molecule has 0 saturated heterocycles. The fraction of sp³-hybridized carbons (Fsp3) is 0.385. The highest BCUT2D eigenvalue weighted by molar-refractivity contribution is 5.61. The van der Waals surface area contributed by atoms with Crippen LogP contribution in [0.5, 0.6) is 5.75 Å². The van der Waals surface area contributed by atoms with Crippen molar-refractivity contribution in [3.63, 3.8) is 0 Å². The Hall–Kier alpha value is -1.64. The van der Waals surface area contributed by atoms with Gasteiger partial charge in [-0.25, -0.2) is 0 Å². The molecule has 3 heteroatoms. The van der Waals surface area contributed by atoms with Gasteiger partial charge < -0.3 is 15.8 Å². The molecular weight excluding hydrogens is 200 g/mol. The molecule has 1 aromatic carbocycles. The molecular formula is C13H20N2O. The summed E-state index contributed by atoms with van der Waals surface area (Å²) in [5, 5.41) is 3.28.